The van der Waals surface area contributed by atoms with Crippen LogP contribution in [-0.4, -0.2) is 16.9 Å². The van der Waals surface area contributed by atoms with E-state index >= 15 is 0 Å². The number of anilines is 2. The fourth-order valence-corrected chi connectivity index (χ4v) is 3.06. The van der Waals surface area contributed by atoms with Gasteiger partial charge in [0.15, 0.2) is 0 Å². The Bertz CT molecular complexity index is 668. The first-order valence-electron chi connectivity index (χ1n) is 7.51. The molecule has 2 aromatic rings. The van der Waals surface area contributed by atoms with Crippen molar-refractivity contribution in [2.45, 2.75) is 31.7 Å². The number of amides is 1. The van der Waals surface area contributed by atoms with Gasteiger partial charge in [0.25, 0.3) is 5.91 Å². The number of nitrogens with one attached hydrogen (secondary N) is 2. The molecule has 0 bridgehead atoms. The quantitative estimate of drug-likeness (QED) is 0.857. The van der Waals surface area contributed by atoms with E-state index in [1.54, 1.807) is 12.3 Å². The second-order valence-electron chi connectivity index (χ2n) is 5.49. The number of halogens is 1. The van der Waals surface area contributed by atoms with Crippen molar-refractivity contribution in [2.75, 3.05) is 5.32 Å². The summed E-state index contributed by atoms with van der Waals surface area (Å²) in [4.78, 5) is 16.4. The summed E-state index contributed by atoms with van der Waals surface area (Å²) >= 11 is 3.50. The maximum Gasteiger partial charge on any atom is 0.270 e. The van der Waals surface area contributed by atoms with Gasteiger partial charge in [0, 0.05) is 22.4 Å². The maximum atomic E-state index is 12.3. The molecular formula is C17H18BrN3O. The van der Waals surface area contributed by atoms with Crippen LogP contribution in [0.5, 0.6) is 0 Å². The Morgan fingerprint density at radius 2 is 1.95 bits per heavy atom. The first-order valence-corrected chi connectivity index (χ1v) is 8.30. The molecule has 1 aliphatic carbocycles. The van der Waals surface area contributed by atoms with E-state index in [2.05, 4.69) is 31.5 Å². The topological polar surface area (TPSA) is 54.0 Å². The Labute approximate surface area is 138 Å². The Balaban J connectivity index is 1.72. The lowest BCUT2D eigenvalue weighted by molar-refractivity contribution is 0.0933. The molecule has 1 aromatic carbocycles. The molecule has 5 heteroatoms. The predicted octanol–water partition coefficient (Wildman–Crippen LogP) is 4.26. The van der Waals surface area contributed by atoms with Crippen LogP contribution in [0.25, 0.3) is 0 Å². The highest BCUT2D eigenvalue weighted by molar-refractivity contribution is 9.10. The number of pyridine rings is 1. The van der Waals surface area contributed by atoms with Gasteiger partial charge in [-0.25, -0.2) is 0 Å². The normalized spacial score (nSPS) is 14.8. The molecule has 2 N–H and O–H groups in total. The Morgan fingerprint density at radius 3 is 2.73 bits per heavy atom. The van der Waals surface area contributed by atoms with Crippen molar-refractivity contribution in [1.82, 2.24) is 10.3 Å². The molecule has 0 unspecified atom stereocenters. The highest BCUT2D eigenvalue weighted by atomic mass is 79.9. The summed E-state index contributed by atoms with van der Waals surface area (Å²) < 4.78 is 0.976. The second-order valence-corrected chi connectivity index (χ2v) is 6.34. The number of aromatic nitrogens is 1. The maximum absolute atomic E-state index is 12.3. The van der Waals surface area contributed by atoms with Crippen molar-refractivity contribution >= 4 is 33.2 Å². The summed E-state index contributed by atoms with van der Waals surface area (Å²) in [5.41, 5.74) is 2.25. The average Bonchev–Trinajstić information content (AvgIpc) is 3.03. The zero-order chi connectivity index (χ0) is 15.4. The molecule has 0 aliphatic heterocycles. The van der Waals surface area contributed by atoms with Gasteiger partial charge in [0.2, 0.25) is 0 Å². The molecule has 1 aromatic heterocycles. The van der Waals surface area contributed by atoms with E-state index in [4.69, 9.17) is 0 Å². The standard InChI is InChI=1S/C17H18BrN3O/c18-14-7-3-4-8-15(14)20-13-9-10-19-16(11-13)17(22)21-12-5-1-2-6-12/h3-4,7-12H,1-2,5-6H2,(H,19,20)(H,21,22). The first kappa shape index (κ1) is 15.0. The third-order valence-electron chi connectivity index (χ3n) is 3.84. The minimum absolute atomic E-state index is 0.0947. The molecule has 1 amide bonds. The summed E-state index contributed by atoms with van der Waals surface area (Å²) in [6.45, 7) is 0. The van der Waals surface area contributed by atoms with Gasteiger partial charge in [-0.3, -0.25) is 9.78 Å². The minimum atomic E-state index is -0.0947. The third kappa shape index (κ3) is 3.65. The summed E-state index contributed by atoms with van der Waals surface area (Å²) in [6, 6.07) is 11.8. The number of carbonyl (C=O) groups excluding carboxylic acids is 1. The fourth-order valence-electron chi connectivity index (χ4n) is 2.68. The number of hydrogen-bond donors (Lipinski definition) is 2. The molecule has 0 atom stereocenters. The van der Waals surface area contributed by atoms with Crippen LogP contribution < -0.4 is 10.6 Å². The van der Waals surface area contributed by atoms with Crippen molar-refractivity contribution in [2.24, 2.45) is 0 Å². The van der Waals surface area contributed by atoms with E-state index in [-0.39, 0.29) is 5.91 Å². The van der Waals surface area contributed by atoms with E-state index in [1.807, 2.05) is 30.3 Å². The van der Waals surface area contributed by atoms with Crippen LogP contribution in [0.1, 0.15) is 36.2 Å². The lowest BCUT2D eigenvalue weighted by Gasteiger charge is -2.12. The van der Waals surface area contributed by atoms with Gasteiger partial charge in [0.05, 0.1) is 5.69 Å². The van der Waals surface area contributed by atoms with Crippen LogP contribution in [0, 0.1) is 0 Å². The van der Waals surface area contributed by atoms with Gasteiger partial charge in [-0.15, -0.1) is 0 Å². The Hall–Kier alpha value is -1.88. The highest BCUT2D eigenvalue weighted by Crippen LogP contribution is 2.25. The summed E-state index contributed by atoms with van der Waals surface area (Å²) in [5.74, 6) is -0.0947. The van der Waals surface area contributed by atoms with Gasteiger partial charge in [-0.2, -0.15) is 0 Å². The minimum Gasteiger partial charge on any atom is -0.354 e. The third-order valence-corrected chi connectivity index (χ3v) is 4.53. The molecule has 0 saturated heterocycles. The van der Waals surface area contributed by atoms with Crippen LogP contribution in [0.2, 0.25) is 0 Å². The predicted molar refractivity (Wildman–Crippen MR) is 91.4 cm³/mol. The SMILES string of the molecule is O=C(NC1CCCC1)c1cc(Nc2ccccc2Br)ccn1. The van der Waals surface area contributed by atoms with Crippen LogP contribution in [-0.2, 0) is 0 Å². The molecule has 1 saturated carbocycles. The second kappa shape index (κ2) is 6.92. The van der Waals surface area contributed by atoms with Crippen molar-refractivity contribution < 1.29 is 4.79 Å². The zero-order valence-corrected chi connectivity index (χ0v) is 13.8. The number of hydrogen-bond acceptors (Lipinski definition) is 3. The summed E-state index contributed by atoms with van der Waals surface area (Å²) in [5, 5.41) is 6.35. The van der Waals surface area contributed by atoms with Gasteiger partial charge >= 0.3 is 0 Å². The molecule has 0 spiro atoms. The molecule has 1 aliphatic rings. The molecule has 114 valence electrons. The molecule has 1 fully saturated rings. The van der Waals surface area contributed by atoms with E-state index in [0.717, 1.165) is 28.7 Å². The van der Waals surface area contributed by atoms with Gasteiger partial charge in [-0.1, -0.05) is 25.0 Å². The van der Waals surface area contributed by atoms with Crippen molar-refractivity contribution in [3.05, 3.63) is 52.8 Å². The van der Waals surface area contributed by atoms with Crippen LogP contribution in [0.4, 0.5) is 11.4 Å². The number of para-hydroxylation sites is 1. The van der Waals surface area contributed by atoms with Gasteiger partial charge in [0.1, 0.15) is 5.69 Å². The largest absolute Gasteiger partial charge is 0.354 e. The Kier molecular flexibility index (Phi) is 4.73. The summed E-state index contributed by atoms with van der Waals surface area (Å²) in [7, 11) is 0. The summed E-state index contributed by atoms with van der Waals surface area (Å²) in [6.07, 6.45) is 6.19. The zero-order valence-electron chi connectivity index (χ0n) is 12.2. The van der Waals surface area contributed by atoms with E-state index in [1.165, 1.54) is 12.8 Å². The molecule has 0 radical (unpaired) electrons. The average molecular weight is 360 g/mol. The molecule has 3 rings (SSSR count). The lowest BCUT2D eigenvalue weighted by atomic mass is 10.2. The molecule has 4 nitrogen and oxygen atoms in total. The first-order chi connectivity index (χ1) is 10.7. The smallest absolute Gasteiger partial charge is 0.270 e. The number of carbonyl (C=O) groups is 1. The van der Waals surface area contributed by atoms with E-state index < -0.39 is 0 Å². The van der Waals surface area contributed by atoms with E-state index in [9.17, 15) is 4.79 Å². The number of nitrogens with zero attached hydrogens (tertiary/aromatic N) is 1. The Morgan fingerprint density at radius 1 is 1.18 bits per heavy atom. The van der Waals surface area contributed by atoms with Crippen molar-refractivity contribution in [1.29, 1.82) is 0 Å². The van der Waals surface area contributed by atoms with Crippen LogP contribution >= 0.6 is 15.9 Å². The van der Waals surface area contributed by atoms with Crippen LogP contribution in [0.3, 0.4) is 0 Å². The van der Waals surface area contributed by atoms with Crippen molar-refractivity contribution in [3.8, 4) is 0 Å². The van der Waals surface area contributed by atoms with Crippen LogP contribution in [0.15, 0.2) is 47.1 Å². The number of rotatable bonds is 4. The molecule has 1 heterocycles. The van der Waals surface area contributed by atoms with Gasteiger partial charge < -0.3 is 10.6 Å². The lowest BCUT2D eigenvalue weighted by Crippen LogP contribution is -2.33. The molecular weight excluding hydrogens is 342 g/mol. The number of benzene rings is 1. The molecule has 22 heavy (non-hydrogen) atoms. The van der Waals surface area contributed by atoms with E-state index in [0.29, 0.717) is 11.7 Å². The van der Waals surface area contributed by atoms with Crippen molar-refractivity contribution in [3.63, 3.8) is 0 Å². The van der Waals surface area contributed by atoms with Gasteiger partial charge in [-0.05, 0) is 53.0 Å². The highest BCUT2D eigenvalue weighted by Gasteiger charge is 2.18. The fraction of sp³-hybridized carbons (Fsp3) is 0.294. The monoisotopic (exact) mass is 359 g/mol.